The van der Waals surface area contributed by atoms with E-state index in [4.69, 9.17) is 0 Å². The van der Waals surface area contributed by atoms with Crippen molar-refractivity contribution in [3.8, 4) is 0 Å². The van der Waals surface area contributed by atoms with E-state index in [1.54, 1.807) is 0 Å². The van der Waals surface area contributed by atoms with E-state index in [2.05, 4.69) is 27.9 Å². The molecule has 1 aromatic rings. The Balaban J connectivity index is 2.39. The maximum absolute atomic E-state index is 11.0. The first-order valence-electron chi connectivity index (χ1n) is 4.74. The van der Waals surface area contributed by atoms with Gasteiger partial charge in [-0.25, -0.2) is 0 Å². The third-order valence-corrected chi connectivity index (χ3v) is 2.93. The van der Waals surface area contributed by atoms with Crippen molar-refractivity contribution in [2.24, 2.45) is 0 Å². The molecule has 76 valence electrons. The molecule has 0 aliphatic rings. The second-order valence-electron chi connectivity index (χ2n) is 3.05. The normalized spacial score (nSPS) is 9.86. The number of anilines is 1. The summed E-state index contributed by atoms with van der Waals surface area (Å²) in [7, 11) is 0. The fourth-order valence-corrected chi connectivity index (χ4v) is 1.70. The number of halogens is 1. The number of hydrogen-bond acceptors (Lipinski definition) is 2. The Kier molecular flexibility index (Phi) is 4.93. The highest BCUT2D eigenvalue weighted by Gasteiger charge is 1.99. The van der Waals surface area contributed by atoms with Gasteiger partial charge in [-0.15, -0.1) is 0 Å². The lowest BCUT2D eigenvalue weighted by molar-refractivity contribution is -0.118. The number of nitrogens with one attached hydrogen (secondary N) is 1. The number of Topliss-reactive ketones (excluding diaryl/α,β-unsaturated/α-hetero) is 1. The quantitative estimate of drug-likeness (QED) is 0.847. The Labute approximate surface area is 98.2 Å². The Bertz CT molecular complexity index is 312. The molecule has 0 aliphatic heterocycles. The van der Waals surface area contributed by atoms with Crippen molar-refractivity contribution in [3.63, 3.8) is 0 Å². The Hall–Kier alpha value is -0.580. The number of rotatable bonds is 5. The summed E-state index contributed by atoms with van der Waals surface area (Å²) in [6.45, 7) is 2.63. The molecular weight excluding hydrogens is 289 g/mol. The van der Waals surface area contributed by atoms with Crippen LogP contribution >= 0.6 is 22.6 Å². The monoisotopic (exact) mass is 303 g/mol. The molecule has 0 heterocycles. The van der Waals surface area contributed by atoms with Crippen LogP contribution in [-0.2, 0) is 4.79 Å². The molecular formula is C11H14INO. The molecule has 1 aromatic carbocycles. The van der Waals surface area contributed by atoms with E-state index in [-0.39, 0.29) is 0 Å². The van der Waals surface area contributed by atoms with Gasteiger partial charge in [0.15, 0.2) is 0 Å². The van der Waals surface area contributed by atoms with Gasteiger partial charge in [-0.05, 0) is 34.7 Å². The molecule has 1 rings (SSSR count). The second-order valence-corrected chi connectivity index (χ2v) is 4.21. The fourth-order valence-electron chi connectivity index (χ4n) is 1.12. The van der Waals surface area contributed by atoms with Crippen molar-refractivity contribution in [2.75, 3.05) is 11.9 Å². The topological polar surface area (TPSA) is 29.1 Å². The molecule has 0 atom stereocenters. The lowest BCUT2D eigenvalue weighted by Crippen LogP contribution is -2.08. The SMILES string of the molecule is CCC(=O)CCNc1ccccc1I. The summed E-state index contributed by atoms with van der Waals surface area (Å²) in [4.78, 5) is 11.0. The summed E-state index contributed by atoms with van der Waals surface area (Å²) < 4.78 is 1.19. The van der Waals surface area contributed by atoms with Crippen LogP contribution in [0.4, 0.5) is 5.69 Å². The van der Waals surface area contributed by atoms with Gasteiger partial charge in [0.25, 0.3) is 0 Å². The molecule has 3 heteroatoms. The third kappa shape index (κ3) is 3.65. The van der Waals surface area contributed by atoms with Gasteiger partial charge >= 0.3 is 0 Å². The number of hydrogen-bond donors (Lipinski definition) is 1. The molecule has 0 saturated heterocycles. The van der Waals surface area contributed by atoms with Gasteiger partial charge < -0.3 is 5.32 Å². The fraction of sp³-hybridized carbons (Fsp3) is 0.364. The molecule has 0 unspecified atom stereocenters. The number of carbonyl (C=O) groups is 1. The van der Waals surface area contributed by atoms with Gasteiger partial charge in [0.05, 0.1) is 0 Å². The van der Waals surface area contributed by atoms with E-state index in [1.165, 1.54) is 3.57 Å². The number of ketones is 1. The zero-order valence-corrected chi connectivity index (χ0v) is 10.4. The van der Waals surface area contributed by atoms with Gasteiger partial charge in [-0.1, -0.05) is 19.1 Å². The summed E-state index contributed by atoms with van der Waals surface area (Å²) in [5.74, 6) is 0.309. The summed E-state index contributed by atoms with van der Waals surface area (Å²) in [5, 5.41) is 3.25. The van der Waals surface area contributed by atoms with E-state index in [1.807, 2.05) is 31.2 Å². The van der Waals surface area contributed by atoms with Crippen molar-refractivity contribution in [1.29, 1.82) is 0 Å². The van der Waals surface area contributed by atoms with Crippen molar-refractivity contribution < 1.29 is 4.79 Å². The van der Waals surface area contributed by atoms with Crippen LogP contribution in [0.3, 0.4) is 0 Å². The molecule has 14 heavy (non-hydrogen) atoms. The Morgan fingerprint density at radius 2 is 2.14 bits per heavy atom. The highest BCUT2D eigenvalue weighted by molar-refractivity contribution is 14.1. The predicted octanol–water partition coefficient (Wildman–Crippen LogP) is 3.07. The average molecular weight is 303 g/mol. The van der Waals surface area contributed by atoms with Crippen LogP contribution in [0.1, 0.15) is 19.8 Å². The highest BCUT2D eigenvalue weighted by Crippen LogP contribution is 2.16. The molecule has 0 radical (unpaired) electrons. The van der Waals surface area contributed by atoms with Gasteiger partial charge in [-0.3, -0.25) is 4.79 Å². The number of carbonyl (C=O) groups excluding carboxylic acids is 1. The molecule has 0 bridgehead atoms. The van der Waals surface area contributed by atoms with Crippen molar-refractivity contribution >= 4 is 34.1 Å². The maximum Gasteiger partial charge on any atom is 0.134 e. The molecule has 2 nitrogen and oxygen atoms in total. The van der Waals surface area contributed by atoms with Crippen molar-refractivity contribution in [2.45, 2.75) is 19.8 Å². The van der Waals surface area contributed by atoms with E-state index in [0.29, 0.717) is 18.6 Å². The molecule has 0 amide bonds. The Morgan fingerprint density at radius 1 is 1.43 bits per heavy atom. The largest absolute Gasteiger partial charge is 0.384 e. The minimum Gasteiger partial charge on any atom is -0.384 e. The van der Waals surface area contributed by atoms with Crippen LogP contribution in [0.15, 0.2) is 24.3 Å². The van der Waals surface area contributed by atoms with Crippen LogP contribution < -0.4 is 5.32 Å². The highest BCUT2D eigenvalue weighted by atomic mass is 127. The Morgan fingerprint density at radius 3 is 2.79 bits per heavy atom. The first-order chi connectivity index (χ1) is 6.74. The minimum atomic E-state index is 0.309. The average Bonchev–Trinajstić information content (AvgIpc) is 2.20. The van der Waals surface area contributed by atoms with Gasteiger partial charge in [0.1, 0.15) is 5.78 Å². The lowest BCUT2D eigenvalue weighted by Gasteiger charge is -2.06. The van der Waals surface area contributed by atoms with Gasteiger partial charge in [0.2, 0.25) is 0 Å². The molecule has 0 spiro atoms. The number of para-hydroxylation sites is 1. The molecule has 0 aliphatic carbocycles. The van der Waals surface area contributed by atoms with Crippen molar-refractivity contribution in [1.82, 2.24) is 0 Å². The van der Waals surface area contributed by atoms with E-state index in [0.717, 1.165) is 12.2 Å². The van der Waals surface area contributed by atoms with Crippen molar-refractivity contribution in [3.05, 3.63) is 27.8 Å². The lowest BCUT2D eigenvalue weighted by atomic mass is 10.2. The summed E-state index contributed by atoms with van der Waals surface area (Å²) in [6, 6.07) is 8.07. The molecule has 1 N–H and O–H groups in total. The van der Waals surface area contributed by atoms with E-state index < -0.39 is 0 Å². The summed E-state index contributed by atoms with van der Waals surface area (Å²) >= 11 is 2.28. The molecule has 0 aromatic heterocycles. The third-order valence-electron chi connectivity index (χ3n) is 1.99. The molecule has 0 fully saturated rings. The first-order valence-corrected chi connectivity index (χ1v) is 5.82. The summed E-state index contributed by atoms with van der Waals surface area (Å²) in [5.41, 5.74) is 1.11. The standard InChI is InChI=1S/C11H14INO/c1-2-9(14)7-8-13-11-6-4-3-5-10(11)12/h3-6,13H,2,7-8H2,1H3. The maximum atomic E-state index is 11.0. The second kappa shape index (κ2) is 6.01. The zero-order chi connectivity index (χ0) is 10.4. The van der Waals surface area contributed by atoms with Crippen LogP contribution in [-0.4, -0.2) is 12.3 Å². The van der Waals surface area contributed by atoms with Gasteiger partial charge in [0, 0.05) is 28.6 Å². The van der Waals surface area contributed by atoms with Crippen LogP contribution in [0, 0.1) is 3.57 Å². The first kappa shape index (κ1) is 11.5. The zero-order valence-electron chi connectivity index (χ0n) is 8.22. The van der Waals surface area contributed by atoms with E-state index >= 15 is 0 Å². The summed E-state index contributed by atoms with van der Waals surface area (Å²) in [6.07, 6.45) is 1.25. The predicted molar refractivity (Wildman–Crippen MR) is 67.6 cm³/mol. The van der Waals surface area contributed by atoms with Gasteiger partial charge in [-0.2, -0.15) is 0 Å². The smallest absolute Gasteiger partial charge is 0.134 e. The van der Waals surface area contributed by atoms with Crippen LogP contribution in [0.2, 0.25) is 0 Å². The molecule has 0 saturated carbocycles. The van der Waals surface area contributed by atoms with Crippen LogP contribution in [0.25, 0.3) is 0 Å². The van der Waals surface area contributed by atoms with Crippen LogP contribution in [0.5, 0.6) is 0 Å². The van der Waals surface area contributed by atoms with E-state index in [9.17, 15) is 4.79 Å². The number of benzene rings is 1. The minimum absolute atomic E-state index is 0.309.